The van der Waals surface area contributed by atoms with Crippen LogP contribution in [0, 0.1) is 0 Å². The van der Waals surface area contributed by atoms with Crippen LogP contribution in [0.25, 0.3) is 10.8 Å². The number of nitrogens with one attached hydrogen (secondary N) is 1. The summed E-state index contributed by atoms with van der Waals surface area (Å²) in [5.74, 6) is -0.212. The molecule has 6 nitrogen and oxygen atoms in total. The van der Waals surface area contributed by atoms with Gasteiger partial charge in [-0.1, -0.05) is 30.3 Å². The van der Waals surface area contributed by atoms with Crippen molar-refractivity contribution in [3.05, 3.63) is 42.5 Å². The second-order valence-corrected chi connectivity index (χ2v) is 6.06. The van der Waals surface area contributed by atoms with Crippen LogP contribution in [0.15, 0.2) is 42.5 Å². The van der Waals surface area contributed by atoms with Crippen molar-refractivity contribution in [2.75, 3.05) is 44.6 Å². The van der Waals surface area contributed by atoms with Crippen molar-refractivity contribution >= 4 is 28.5 Å². The lowest BCUT2D eigenvalue weighted by Gasteiger charge is -2.34. The van der Waals surface area contributed by atoms with Gasteiger partial charge in [0.1, 0.15) is 0 Å². The summed E-state index contributed by atoms with van der Waals surface area (Å²) in [7, 11) is 0. The number of anilines is 1. The Kier molecular flexibility index (Phi) is 5.50. The normalized spacial score (nSPS) is 15.2. The Morgan fingerprint density at radius 2 is 1.76 bits per heavy atom. The van der Waals surface area contributed by atoms with E-state index in [1.54, 1.807) is 11.8 Å². The first kappa shape index (κ1) is 17.2. The Balaban J connectivity index is 1.53. The summed E-state index contributed by atoms with van der Waals surface area (Å²) in [4.78, 5) is 27.7. The number of esters is 1. The average Bonchev–Trinajstić information content (AvgIpc) is 2.62. The minimum Gasteiger partial charge on any atom is -0.465 e. The van der Waals surface area contributed by atoms with Crippen LogP contribution >= 0.6 is 0 Å². The van der Waals surface area contributed by atoms with Crippen LogP contribution in [-0.4, -0.2) is 61.1 Å². The summed E-state index contributed by atoms with van der Waals surface area (Å²) in [5.41, 5.74) is 0.789. The molecule has 1 fully saturated rings. The first-order valence-electron chi connectivity index (χ1n) is 8.58. The van der Waals surface area contributed by atoms with Gasteiger partial charge in [-0.3, -0.25) is 9.69 Å². The highest BCUT2D eigenvalue weighted by molar-refractivity contribution is 5.93. The number of fused-ring (bicyclic) bond motifs is 1. The molecule has 0 unspecified atom stereocenters. The van der Waals surface area contributed by atoms with E-state index in [4.69, 9.17) is 4.74 Å². The fourth-order valence-corrected chi connectivity index (χ4v) is 2.97. The van der Waals surface area contributed by atoms with Crippen molar-refractivity contribution in [3.8, 4) is 0 Å². The molecule has 1 heterocycles. The van der Waals surface area contributed by atoms with Gasteiger partial charge in [-0.2, -0.15) is 0 Å². The maximum atomic E-state index is 12.4. The summed E-state index contributed by atoms with van der Waals surface area (Å²) in [5, 5.41) is 5.20. The zero-order valence-corrected chi connectivity index (χ0v) is 14.4. The Morgan fingerprint density at radius 3 is 2.48 bits per heavy atom. The van der Waals surface area contributed by atoms with Gasteiger partial charge in [0.25, 0.3) is 0 Å². The molecule has 132 valence electrons. The fourth-order valence-electron chi connectivity index (χ4n) is 2.97. The summed E-state index contributed by atoms with van der Waals surface area (Å²) in [6.07, 6.45) is 0. The number of ether oxygens (including phenoxy) is 1. The number of nitrogens with zero attached hydrogens (tertiary/aromatic N) is 2. The minimum absolute atomic E-state index is 0.105. The number of piperazine rings is 1. The second-order valence-electron chi connectivity index (χ2n) is 6.06. The van der Waals surface area contributed by atoms with Crippen molar-refractivity contribution in [2.45, 2.75) is 6.92 Å². The lowest BCUT2D eigenvalue weighted by molar-refractivity contribution is -0.144. The Hall–Kier alpha value is -2.60. The quantitative estimate of drug-likeness (QED) is 0.868. The minimum atomic E-state index is -0.212. The number of urea groups is 1. The molecule has 0 aromatic heterocycles. The number of rotatable bonds is 4. The lowest BCUT2D eigenvalue weighted by Crippen LogP contribution is -2.51. The van der Waals surface area contributed by atoms with Gasteiger partial charge in [0, 0.05) is 31.9 Å². The van der Waals surface area contributed by atoms with Crippen LogP contribution in [-0.2, 0) is 9.53 Å². The number of amides is 2. The second kappa shape index (κ2) is 7.98. The first-order chi connectivity index (χ1) is 12.2. The smallest absolute Gasteiger partial charge is 0.321 e. The van der Waals surface area contributed by atoms with Crippen LogP contribution in [0.1, 0.15) is 6.92 Å². The molecule has 0 spiro atoms. The van der Waals surface area contributed by atoms with Crippen LogP contribution in [0.2, 0.25) is 0 Å². The summed E-state index contributed by atoms with van der Waals surface area (Å²) >= 11 is 0. The number of carbonyl (C=O) groups excluding carboxylic acids is 2. The van der Waals surface area contributed by atoms with E-state index in [-0.39, 0.29) is 18.5 Å². The highest BCUT2D eigenvalue weighted by Crippen LogP contribution is 2.19. The molecule has 0 bridgehead atoms. The topological polar surface area (TPSA) is 61.9 Å². The van der Waals surface area contributed by atoms with E-state index in [1.807, 2.05) is 47.4 Å². The summed E-state index contributed by atoms with van der Waals surface area (Å²) in [6, 6.07) is 13.8. The van der Waals surface area contributed by atoms with E-state index in [0.29, 0.717) is 32.8 Å². The zero-order chi connectivity index (χ0) is 17.6. The molecule has 1 saturated heterocycles. The number of hydrogen-bond donors (Lipinski definition) is 1. The highest BCUT2D eigenvalue weighted by atomic mass is 16.5. The molecule has 6 heteroatoms. The number of carbonyl (C=O) groups is 2. The zero-order valence-electron chi connectivity index (χ0n) is 14.4. The van der Waals surface area contributed by atoms with Crippen LogP contribution in [0.4, 0.5) is 10.5 Å². The van der Waals surface area contributed by atoms with Crippen LogP contribution < -0.4 is 5.32 Å². The van der Waals surface area contributed by atoms with Gasteiger partial charge >= 0.3 is 12.0 Å². The molecule has 1 N–H and O–H groups in total. The van der Waals surface area contributed by atoms with Crippen LogP contribution in [0.3, 0.4) is 0 Å². The molecule has 0 saturated carbocycles. The van der Waals surface area contributed by atoms with Gasteiger partial charge < -0.3 is 15.0 Å². The van der Waals surface area contributed by atoms with E-state index < -0.39 is 0 Å². The van der Waals surface area contributed by atoms with E-state index in [1.165, 1.54) is 0 Å². The monoisotopic (exact) mass is 341 g/mol. The van der Waals surface area contributed by atoms with Crippen molar-refractivity contribution in [2.24, 2.45) is 0 Å². The van der Waals surface area contributed by atoms with E-state index in [9.17, 15) is 9.59 Å². The van der Waals surface area contributed by atoms with E-state index >= 15 is 0 Å². The third kappa shape index (κ3) is 4.48. The molecule has 1 aliphatic heterocycles. The lowest BCUT2D eigenvalue weighted by atomic mass is 10.1. The highest BCUT2D eigenvalue weighted by Gasteiger charge is 2.22. The maximum absolute atomic E-state index is 12.4. The first-order valence-corrected chi connectivity index (χ1v) is 8.58. The predicted octanol–water partition coefficient (Wildman–Crippen LogP) is 2.55. The standard InChI is InChI=1S/C19H23N3O3/c1-2-25-18(23)14-21-9-11-22(12-10-21)19(24)20-17-8-7-15-5-3-4-6-16(15)13-17/h3-8,13H,2,9-12,14H2,1H3,(H,20,24). The third-order valence-corrected chi connectivity index (χ3v) is 4.32. The molecule has 1 aliphatic rings. The third-order valence-electron chi connectivity index (χ3n) is 4.32. The van der Waals surface area contributed by atoms with Gasteiger partial charge in [-0.05, 0) is 29.8 Å². The molecule has 2 amide bonds. The molecule has 3 rings (SSSR count). The predicted molar refractivity (Wildman–Crippen MR) is 97.6 cm³/mol. The van der Waals surface area contributed by atoms with Crippen LogP contribution in [0.5, 0.6) is 0 Å². The van der Waals surface area contributed by atoms with Gasteiger partial charge in [-0.25, -0.2) is 4.79 Å². The van der Waals surface area contributed by atoms with Gasteiger partial charge in [0.2, 0.25) is 0 Å². The Labute approximate surface area is 147 Å². The Morgan fingerprint density at radius 1 is 1.04 bits per heavy atom. The van der Waals surface area contributed by atoms with Gasteiger partial charge in [0.15, 0.2) is 0 Å². The Bertz CT molecular complexity index is 754. The SMILES string of the molecule is CCOC(=O)CN1CCN(C(=O)Nc2ccc3ccccc3c2)CC1. The van der Waals surface area contributed by atoms with Crippen molar-refractivity contribution in [3.63, 3.8) is 0 Å². The maximum Gasteiger partial charge on any atom is 0.321 e. The summed E-state index contributed by atoms with van der Waals surface area (Å²) < 4.78 is 4.96. The van der Waals surface area contributed by atoms with Gasteiger partial charge in [-0.15, -0.1) is 0 Å². The van der Waals surface area contributed by atoms with Gasteiger partial charge in [0.05, 0.1) is 13.2 Å². The molecule has 0 aliphatic carbocycles. The largest absolute Gasteiger partial charge is 0.465 e. The molecule has 2 aromatic rings. The molecule has 0 radical (unpaired) electrons. The van der Waals surface area contributed by atoms with E-state index in [2.05, 4.69) is 5.32 Å². The molecular formula is C19H23N3O3. The fraction of sp³-hybridized carbons (Fsp3) is 0.368. The molecule has 25 heavy (non-hydrogen) atoms. The molecule has 2 aromatic carbocycles. The molecule has 0 atom stereocenters. The van der Waals surface area contributed by atoms with Crippen molar-refractivity contribution < 1.29 is 14.3 Å². The molecular weight excluding hydrogens is 318 g/mol. The van der Waals surface area contributed by atoms with Crippen molar-refractivity contribution in [1.29, 1.82) is 0 Å². The van der Waals surface area contributed by atoms with Crippen molar-refractivity contribution in [1.82, 2.24) is 9.80 Å². The summed E-state index contributed by atoms with van der Waals surface area (Å²) in [6.45, 7) is 5.01. The number of hydrogen-bond acceptors (Lipinski definition) is 4. The number of benzene rings is 2. The average molecular weight is 341 g/mol. The van der Waals surface area contributed by atoms with E-state index in [0.717, 1.165) is 16.5 Å².